The van der Waals surface area contributed by atoms with Gasteiger partial charge in [0.25, 0.3) is 0 Å². The van der Waals surface area contributed by atoms with Gasteiger partial charge in [0.1, 0.15) is 0 Å². The van der Waals surface area contributed by atoms with Crippen molar-refractivity contribution in [2.75, 3.05) is 7.05 Å². The first-order valence-electron chi connectivity index (χ1n) is 5.06. The third kappa shape index (κ3) is 3.91. The number of carbonyl (C=O) groups excluding carboxylic acids is 1. The summed E-state index contributed by atoms with van der Waals surface area (Å²) in [7, 11) is 1.81. The van der Waals surface area contributed by atoms with E-state index in [1.54, 1.807) is 16.2 Å². The molecular weight excluding hydrogens is 208 g/mol. The quantitative estimate of drug-likeness (QED) is 0.844. The van der Waals surface area contributed by atoms with Gasteiger partial charge in [0.2, 0.25) is 0 Å². The maximum Gasteiger partial charge on any atom is 0.317 e. The monoisotopic (exact) mass is 226 g/mol. The minimum atomic E-state index is -0.0175. The van der Waals surface area contributed by atoms with E-state index in [2.05, 4.69) is 24.4 Å². The summed E-state index contributed by atoms with van der Waals surface area (Å²) in [6.45, 7) is 6.67. The number of thiophene rings is 1. The van der Waals surface area contributed by atoms with Crippen LogP contribution in [0.5, 0.6) is 0 Å². The van der Waals surface area contributed by atoms with E-state index in [9.17, 15) is 4.79 Å². The van der Waals surface area contributed by atoms with Crippen LogP contribution in [0.1, 0.15) is 23.6 Å². The van der Waals surface area contributed by atoms with Crippen LogP contribution in [0.25, 0.3) is 0 Å². The first-order valence-corrected chi connectivity index (χ1v) is 5.87. The second-order valence-corrected chi connectivity index (χ2v) is 5.35. The first-order chi connectivity index (χ1) is 6.99. The molecule has 1 N–H and O–H groups in total. The van der Waals surface area contributed by atoms with E-state index in [0.717, 1.165) is 0 Å². The highest BCUT2D eigenvalue weighted by molar-refractivity contribution is 7.11. The standard InChI is InChI=1S/C11H18N2OS/c1-8(2)12-11(14)13(4)7-10-6-5-9(3)15-10/h5-6,8H,7H2,1-4H3,(H,12,14). The zero-order valence-electron chi connectivity index (χ0n) is 9.70. The number of hydrogen-bond donors (Lipinski definition) is 1. The lowest BCUT2D eigenvalue weighted by molar-refractivity contribution is 0.204. The van der Waals surface area contributed by atoms with Gasteiger partial charge < -0.3 is 10.2 Å². The average Bonchev–Trinajstić information content (AvgIpc) is 2.50. The third-order valence-electron chi connectivity index (χ3n) is 1.95. The summed E-state index contributed by atoms with van der Waals surface area (Å²) in [6, 6.07) is 4.31. The predicted molar refractivity (Wildman–Crippen MR) is 64.2 cm³/mol. The molecule has 0 aromatic carbocycles. The Hall–Kier alpha value is -1.03. The molecular formula is C11H18N2OS. The summed E-state index contributed by atoms with van der Waals surface area (Å²) in [5, 5.41) is 2.86. The summed E-state index contributed by atoms with van der Waals surface area (Å²) in [6.07, 6.45) is 0. The molecule has 4 heteroatoms. The number of rotatable bonds is 3. The van der Waals surface area contributed by atoms with Crippen molar-refractivity contribution >= 4 is 17.4 Å². The van der Waals surface area contributed by atoms with Gasteiger partial charge in [-0.1, -0.05) is 0 Å². The zero-order valence-corrected chi connectivity index (χ0v) is 10.5. The first kappa shape index (κ1) is 12.0. The van der Waals surface area contributed by atoms with Crippen LogP contribution < -0.4 is 5.32 Å². The van der Waals surface area contributed by atoms with Crippen LogP contribution in [0.3, 0.4) is 0 Å². The second-order valence-electron chi connectivity index (χ2n) is 3.97. The van der Waals surface area contributed by atoms with Gasteiger partial charge in [0.05, 0.1) is 6.54 Å². The average molecular weight is 226 g/mol. The molecule has 0 aliphatic rings. The Morgan fingerprint density at radius 2 is 2.20 bits per heavy atom. The van der Waals surface area contributed by atoms with E-state index in [1.165, 1.54) is 9.75 Å². The number of hydrogen-bond acceptors (Lipinski definition) is 2. The van der Waals surface area contributed by atoms with Crippen molar-refractivity contribution in [1.82, 2.24) is 10.2 Å². The van der Waals surface area contributed by atoms with E-state index < -0.39 is 0 Å². The summed E-state index contributed by atoms with van der Waals surface area (Å²) < 4.78 is 0. The minimum absolute atomic E-state index is 0.0175. The van der Waals surface area contributed by atoms with Gasteiger partial charge in [-0.05, 0) is 32.9 Å². The Bertz CT molecular complexity index is 333. The number of amides is 2. The molecule has 0 spiro atoms. The molecule has 0 radical (unpaired) electrons. The van der Waals surface area contributed by atoms with Gasteiger partial charge in [0.15, 0.2) is 0 Å². The molecule has 84 valence electrons. The van der Waals surface area contributed by atoms with Crippen LogP contribution in [-0.2, 0) is 6.54 Å². The van der Waals surface area contributed by atoms with E-state index in [4.69, 9.17) is 0 Å². The van der Waals surface area contributed by atoms with Gasteiger partial charge in [-0.25, -0.2) is 4.79 Å². The highest BCUT2D eigenvalue weighted by atomic mass is 32.1. The fraction of sp³-hybridized carbons (Fsp3) is 0.545. The van der Waals surface area contributed by atoms with Crippen LogP contribution in [-0.4, -0.2) is 24.0 Å². The highest BCUT2D eigenvalue weighted by Gasteiger charge is 2.10. The van der Waals surface area contributed by atoms with E-state index >= 15 is 0 Å². The fourth-order valence-corrected chi connectivity index (χ4v) is 2.18. The van der Waals surface area contributed by atoms with Gasteiger partial charge in [-0.3, -0.25) is 0 Å². The zero-order chi connectivity index (χ0) is 11.4. The van der Waals surface area contributed by atoms with Crippen molar-refractivity contribution in [2.45, 2.75) is 33.4 Å². The van der Waals surface area contributed by atoms with Gasteiger partial charge in [-0.15, -0.1) is 11.3 Å². The lowest BCUT2D eigenvalue weighted by Gasteiger charge is -2.18. The molecule has 0 aliphatic heterocycles. The van der Waals surface area contributed by atoms with Gasteiger partial charge in [0, 0.05) is 22.8 Å². The van der Waals surface area contributed by atoms with Gasteiger partial charge in [-0.2, -0.15) is 0 Å². The van der Waals surface area contributed by atoms with E-state index in [-0.39, 0.29) is 12.1 Å². The molecule has 0 atom stereocenters. The molecule has 1 aromatic heterocycles. The second kappa shape index (κ2) is 5.16. The SMILES string of the molecule is Cc1ccc(CN(C)C(=O)NC(C)C)s1. The molecule has 0 saturated carbocycles. The molecule has 0 fully saturated rings. The lowest BCUT2D eigenvalue weighted by Crippen LogP contribution is -2.40. The fourth-order valence-electron chi connectivity index (χ4n) is 1.23. The van der Waals surface area contributed by atoms with Crippen molar-refractivity contribution in [3.63, 3.8) is 0 Å². The van der Waals surface area contributed by atoms with Gasteiger partial charge >= 0.3 is 6.03 Å². The van der Waals surface area contributed by atoms with Crippen LogP contribution >= 0.6 is 11.3 Å². The molecule has 15 heavy (non-hydrogen) atoms. The molecule has 1 rings (SSSR count). The van der Waals surface area contributed by atoms with Crippen LogP contribution in [0.15, 0.2) is 12.1 Å². The highest BCUT2D eigenvalue weighted by Crippen LogP contribution is 2.16. The van der Waals surface area contributed by atoms with Crippen molar-refractivity contribution < 1.29 is 4.79 Å². The van der Waals surface area contributed by atoms with E-state index in [1.807, 2.05) is 20.9 Å². The Morgan fingerprint density at radius 1 is 1.53 bits per heavy atom. The summed E-state index contributed by atoms with van der Waals surface area (Å²) in [5.41, 5.74) is 0. The summed E-state index contributed by atoms with van der Waals surface area (Å²) in [4.78, 5) is 15.8. The number of carbonyl (C=O) groups is 1. The molecule has 0 aliphatic carbocycles. The maximum absolute atomic E-state index is 11.6. The van der Waals surface area contributed by atoms with Crippen LogP contribution in [0, 0.1) is 6.92 Å². The number of aryl methyl sites for hydroxylation is 1. The smallest absolute Gasteiger partial charge is 0.317 e. The van der Waals surface area contributed by atoms with Crippen LogP contribution in [0.2, 0.25) is 0 Å². The number of nitrogens with zero attached hydrogens (tertiary/aromatic N) is 1. The summed E-state index contributed by atoms with van der Waals surface area (Å²) >= 11 is 1.73. The maximum atomic E-state index is 11.6. The lowest BCUT2D eigenvalue weighted by atomic mass is 10.4. The van der Waals surface area contributed by atoms with Crippen molar-refractivity contribution in [3.8, 4) is 0 Å². The topological polar surface area (TPSA) is 32.3 Å². The molecule has 0 unspecified atom stereocenters. The largest absolute Gasteiger partial charge is 0.336 e. The molecule has 1 aromatic rings. The Kier molecular flexibility index (Phi) is 4.15. The Labute approximate surface area is 95.1 Å². The molecule has 0 bridgehead atoms. The van der Waals surface area contributed by atoms with Crippen LogP contribution in [0.4, 0.5) is 4.79 Å². The minimum Gasteiger partial charge on any atom is -0.336 e. The van der Waals surface area contributed by atoms with E-state index in [0.29, 0.717) is 6.54 Å². The number of urea groups is 1. The normalized spacial score (nSPS) is 10.5. The molecule has 2 amide bonds. The third-order valence-corrected chi connectivity index (χ3v) is 2.93. The Balaban J connectivity index is 2.48. The molecule has 1 heterocycles. The van der Waals surface area contributed by atoms with Crippen molar-refractivity contribution in [3.05, 3.63) is 21.9 Å². The predicted octanol–water partition coefficient (Wildman–Crippen LogP) is 2.61. The summed E-state index contributed by atoms with van der Waals surface area (Å²) in [5.74, 6) is 0. The molecule has 0 saturated heterocycles. The Morgan fingerprint density at radius 3 is 2.67 bits per heavy atom. The van der Waals surface area contributed by atoms with Crippen molar-refractivity contribution in [1.29, 1.82) is 0 Å². The van der Waals surface area contributed by atoms with Crippen molar-refractivity contribution in [2.24, 2.45) is 0 Å². The number of nitrogens with one attached hydrogen (secondary N) is 1. The molecule has 3 nitrogen and oxygen atoms in total.